The Morgan fingerprint density at radius 2 is 1.48 bits per heavy atom. The van der Waals surface area contributed by atoms with Gasteiger partial charge >= 0.3 is 0 Å². The third-order valence-corrected chi connectivity index (χ3v) is 7.52. The average molecular weight is 405 g/mol. The Bertz CT molecular complexity index is 571. The zero-order valence-electron chi connectivity index (χ0n) is 20.3. The van der Waals surface area contributed by atoms with Gasteiger partial charge in [0, 0.05) is 11.8 Å². The molecule has 2 rings (SSSR count). The molecule has 2 aliphatic rings. The summed E-state index contributed by atoms with van der Waals surface area (Å²) in [6.07, 6.45) is 17.3. The van der Waals surface area contributed by atoms with Gasteiger partial charge in [-0.25, -0.2) is 0 Å². The van der Waals surface area contributed by atoms with Gasteiger partial charge in [-0.2, -0.15) is 0 Å². The van der Waals surface area contributed by atoms with Crippen LogP contribution in [0, 0.1) is 17.8 Å². The summed E-state index contributed by atoms with van der Waals surface area (Å²) in [5, 5.41) is 10.4. The molecule has 2 nitrogen and oxygen atoms in total. The summed E-state index contributed by atoms with van der Waals surface area (Å²) in [7, 11) is 0. The summed E-state index contributed by atoms with van der Waals surface area (Å²) in [5.41, 5.74) is 2.18. The summed E-state index contributed by atoms with van der Waals surface area (Å²) in [6, 6.07) is 0. The molecule has 168 valence electrons. The first-order chi connectivity index (χ1) is 13.7. The van der Waals surface area contributed by atoms with Crippen molar-refractivity contribution < 1.29 is 9.84 Å². The van der Waals surface area contributed by atoms with Crippen LogP contribution in [-0.4, -0.2) is 10.7 Å². The van der Waals surface area contributed by atoms with E-state index in [1.165, 1.54) is 75.5 Å². The molecule has 0 aromatic carbocycles. The van der Waals surface area contributed by atoms with E-state index in [-0.39, 0.29) is 11.5 Å². The fourth-order valence-corrected chi connectivity index (χ4v) is 5.19. The number of allylic oxidation sites excluding steroid dienone is 4. The molecule has 0 spiro atoms. The average Bonchev–Trinajstić information content (AvgIpc) is 2.68. The fourth-order valence-electron chi connectivity index (χ4n) is 5.19. The van der Waals surface area contributed by atoms with Gasteiger partial charge in [0.25, 0.3) is 0 Å². The second-order valence-electron chi connectivity index (χ2n) is 10.6. The number of rotatable bonds is 12. The maximum absolute atomic E-state index is 10.4. The summed E-state index contributed by atoms with van der Waals surface area (Å²) in [6.45, 7) is 13.3. The SMILES string of the molecule is CC1=C(O)C(C)C2CCC(C)(CCCCCCCCCCCC(C)C)OC2=C1C. The smallest absolute Gasteiger partial charge is 0.106 e. The second kappa shape index (κ2) is 11.5. The minimum Gasteiger partial charge on any atom is -0.512 e. The molecule has 29 heavy (non-hydrogen) atoms. The maximum atomic E-state index is 10.4. The lowest BCUT2D eigenvalue weighted by Crippen LogP contribution is -2.39. The largest absolute Gasteiger partial charge is 0.512 e. The van der Waals surface area contributed by atoms with Crippen LogP contribution >= 0.6 is 0 Å². The third-order valence-electron chi connectivity index (χ3n) is 7.52. The number of fused-ring (bicyclic) bond motifs is 1. The van der Waals surface area contributed by atoms with Crippen molar-refractivity contribution in [2.45, 2.75) is 131 Å². The normalized spacial score (nSPS) is 27.4. The highest BCUT2D eigenvalue weighted by Gasteiger charge is 2.42. The number of aliphatic hydroxyl groups excluding tert-OH is 1. The Balaban J connectivity index is 1.63. The minimum atomic E-state index is -0.0174. The molecule has 3 unspecified atom stereocenters. The fraction of sp³-hybridized carbons (Fsp3) is 0.852. The van der Waals surface area contributed by atoms with Gasteiger partial charge < -0.3 is 9.84 Å². The Kier molecular flexibility index (Phi) is 9.63. The van der Waals surface area contributed by atoms with Crippen molar-refractivity contribution in [3.8, 4) is 0 Å². The van der Waals surface area contributed by atoms with Crippen LogP contribution in [0.15, 0.2) is 22.7 Å². The summed E-state index contributed by atoms with van der Waals surface area (Å²) >= 11 is 0. The molecule has 1 saturated heterocycles. The van der Waals surface area contributed by atoms with Gasteiger partial charge in [-0.15, -0.1) is 0 Å². The second-order valence-corrected chi connectivity index (χ2v) is 10.6. The molecule has 1 heterocycles. The quantitative estimate of drug-likeness (QED) is 0.329. The lowest BCUT2D eigenvalue weighted by Gasteiger charge is -2.44. The molecular weight excluding hydrogens is 356 g/mol. The molecule has 1 N–H and O–H groups in total. The van der Waals surface area contributed by atoms with Crippen LogP contribution in [0.2, 0.25) is 0 Å². The van der Waals surface area contributed by atoms with Crippen molar-refractivity contribution in [1.29, 1.82) is 0 Å². The molecule has 0 aromatic rings. The Morgan fingerprint density at radius 1 is 0.931 bits per heavy atom. The monoisotopic (exact) mass is 404 g/mol. The molecule has 0 bridgehead atoms. The summed E-state index contributed by atoms with van der Waals surface area (Å²) < 4.78 is 6.61. The third kappa shape index (κ3) is 7.07. The van der Waals surface area contributed by atoms with E-state index in [9.17, 15) is 5.11 Å². The first kappa shape index (κ1) is 24.4. The topological polar surface area (TPSA) is 29.5 Å². The van der Waals surface area contributed by atoms with Crippen LogP contribution in [0.3, 0.4) is 0 Å². The van der Waals surface area contributed by atoms with Crippen molar-refractivity contribution in [3.63, 3.8) is 0 Å². The van der Waals surface area contributed by atoms with E-state index >= 15 is 0 Å². The van der Waals surface area contributed by atoms with E-state index in [2.05, 4.69) is 34.6 Å². The zero-order valence-corrected chi connectivity index (χ0v) is 20.3. The van der Waals surface area contributed by atoms with Crippen LogP contribution in [0.5, 0.6) is 0 Å². The van der Waals surface area contributed by atoms with Crippen molar-refractivity contribution in [1.82, 2.24) is 0 Å². The molecule has 1 aliphatic heterocycles. The van der Waals surface area contributed by atoms with Gasteiger partial charge in [0.05, 0.1) is 5.76 Å². The van der Waals surface area contributed by atoms with Crippen molar-refractivity contribution in [2.75, 3.05) is 0 Å². The number of ether oxygens (including phenoxy) is 1. The van der Waals surface area contributed by atoms with Gasteiger partial charge in [-0.1, -0.05) is 78.6 Å². The van der Waals surface area contributed by atoms with E-state index in [1.54, 1.807) is 0 Å². The summed E-state index contributed by atoms with van der Waals surface area (Å²) in [4.78, 5) is 0. The molecule has 1 fully saturated rings. The van der Waals surface area contributed by atoms with Crippen LogP contribution < -0.4 is 0 Å². The van der Waals surface area contributed by atoms with Gasteiger partial charge in [0.1, 0.15) is 11.4 Å². The van der Waals surface area contributed by atoms with E-state index in [0.717, 1.165) is 30.8 Å². The number of hydrogen-bond acceptors (Lipinski definition) is 2. The number of aliphatic hydroxyl groups is 1. The van der Waals surface area contributed by atoms with Gasteiger partial charge in [0.2, 0.25) is 0 Å². The molecule has 0 saturated carbocycles. The van der Waals surface area contributed by atoms with E-state index < -0.39 is 0 Å². The minimum absolute atomic E-state index is 0.0174. The first-order valence-corrected chi connectivity index (χ1v) is 12.5. The van der Waals surface area contributed by atoms with Crippen molar-refractivity contribution in [2.24, 2.45) is 17.8 Å². The Hall–Kier alpha value is -0.920. The standard InChI is InChI=1S/C27H48O2/c1-20(2)16-14-12-10-8-7-9-11-13-15-18-27(6)19-17-24-23(5)25(28)21(3)22(4)26(24)29-27/h20,23-24,28H,7-19H2,1-6H3. The molecule has 0 aromatic heterocycles. The highest BCUT2D eigenvalue weighted by Crippen LogP contribution is 2.47. The predicted molar refractivity (Wildman–Crippen MR) is 125 cm³/mol. The van der Waals surface area contributed by atoms with Gasteiger partial charge in [-0.05, 0) is 63.5 Å². The predicted octanol–water partition coefficient (Wildman–Crippen LogP) is 8.87. The molecule has 0 radical (unpaired) electrons. The lowest BCUT2D eigenvalue weighted by molar-refractivity contribution is -0.0566. The van der Waals surface area contributed by atoms with E-state index in [1.807, 2.05) is 6.92 Å². The maximum Gasteiger partial charge on any atom is 0.106 e. The molecule has 0 amide bonds. The molecule has 1 aliphatic carbocycles. The van der Waals surface area contributed by atoms with Crippen LogP contribution in [-0.2, 0) is 4.74 Å². The number of unbranched alkanes of at least 4 members (excludes halogenated alkanes) is 8. The Morgan fingerprint density at radius 3 is 2.07 bits per heavy atom. The van der Waals surface area contributed by atoms with E-state index in [4.69, 9.17) is 4.74 Å². The van der Waals surface area contributed by atoms with Crippen LogP contribution in [0.4, 0.5) is 0 Å². The molecule has 3 atom stereocenters. The van der Waals surface area contributed by atoms with E-state index in [0.29, 0.717) is 11.7 Å². The molecule has 2 heteroatoms. The highest BCUT2D eigenvalue weighted by molar-refractivity contribution is 5.39. The van der Waals surface area contributed by atoms with Crippen molar-refractivity contribution >= 4 is 0 Å². The van der Waals surface area contributed by atoms with Crippen LogP contribution in [0.1, 0.15) is 125 Å². The number of hydrogen-bond donors (Lipinski definition) is 1. The molecular formula is C27H48O2. The highest BCUT2D eigenvalue weighted by atomic mass is 16.5. The van der Waals surface area contributed by atoms with Gasteiger partial charge in [-0.3, -0.25) is 0 Å². The zero-order chi connectivity index (χ0) is 21.4. The van der Waals surface area contributed by atoms with Crippen molar-refractivity contribution in [3.05, 3.63) is 22.7 Å². The lowest BCUT2D eigenvalue weighted by atomic mass is 9.74. The first-order valence-electron chi connectivity index (χ1n) is 12.5. The van der Waals surface area contributed by atoms with Crippen LogP contribution in [0.25, 0.3) is 0 Å². The Labute approximate surface area is 181 Å². The summed E-state index contributed by atoms with van der Waals surface area (Å²) in [5.74, 6) is 3.17. The van der Waals surface area contributed by atoms with Gasteiger partial charge in [0.15, 0.2) is 0 Å².